The summed E-state index contributed by atoms with van der Waals surface area (Å²) in [5.41, 5.74) is 0.0502. The Bertz CT molecular complexity index is 799. The zero-order valence-corrected chi connectivity index (χ0v) is 13.2. The fourth-order valence-electron chi connectivity index (χ4n) is 1.86. The van der Waals surface area contributed by atoms with Crippen LogP contribution < -0.4 is 0 Å². The summed E-state index contributed by atoms with van der Waals surface area (Å²) in [7, 11) is 0. The molecular formula is C17H16O8. The van der Waals surface area contributed by atoms with Gasteiger partial charge in [0.15, 0.2) is 23.0 Å². The molecule has 0 heterocycles. The monoisotopic (exact) mass is 348 g/mol. The maximum Gasteiger partial charge on any atom is 0.338 e. The van der Waals surface area contributed by atoms with Gasteiger partial charge in [0.05, 0.1) is 11.1 Å². The van der Waals surface area contributed by atoms with E-state index in [4.69, 9.17) is 9.47 Å². The number of carbonyl (C=O) groups is 2. The topological polar surface area (TPSA) is 134 Å². The molecule has 2 aromatic rings. The van der Waals surface area contributed by atoms with Crippen molar-refractivity contribution in [2.24, 2.45) is 0 Å². The van der Waals surface area contributed by atoms with Crippen LogP contribution >= 0.6 is 0 Å². The van der Waals surface area contributed by atoms with Crippen LogP contribution in [0.25, 0.3) is 0 Å². The van der Waals surface area contributed by atoms with Gasteiger partial charge in [0.25, 0.3) is 0 Å². The third kappa shape index (κ3) is 4.54. The standard InChI is InChI=1S/C17H16O8/c1-9(25-17(23)11-3-5-13(19)15(21)7-11)8-24-16(22)10-2-4-12(18)14(20)6-10/h2-7,9,18-21H,8H2,1H3. The highest BCUT2D eigenvalue weighted by molar-refractivity contribution is 5.91. The fourth-order valence-corrected chi connectivity index (χ4v) is 1.86. The lowest BCUT2D eigenvalue weighted by Crippen LogP contribution is -2.22. The van der Waals surface area contributed by atoms with Gasteiger partial charge in [-0.3, -0.25) is 0 Å². The molecule has 0 aromatic heterocycles. The number of phenolic OH excluding ortho intramolecular Hbond substituents is 4. The SMILES string of the molecule is CC(COC(=O)c1ccc(O)c(O)c1)OC(=O)c1ccc(O)c(O)c1. The van der Waals surface area contributed by atoms with E-state index >= 15 is 0 Å². The summed E-state index contributed by atoms with van der Waals surface area (Å²) >= 11 is 0. The quantitative estimate of drug-likeness (QED) is 0.476. The van der Waals surface area contributed by atoms with Crippen LogP contribution in [0.5, 0.6) is 23.0 Å². The van der Waals surface area contributed by atoms with Crippen molar-refractivity contribution in [3.05, 3.63) is 47.5 Å². The molecule has 132 valence electrons. The highest BCUT2D eigenvalue weighted by Gasteiger charge is 2.17. The van der Waals surface area contributed by atoms with E-state index in [1.807, 2.05) is 0 Å². The molecule has 0 spiro atoms. The van der Waals surface area contributed by atoms with Gasteiger partial charge in [-0.2, -0.15) is 0 Å². The summed E-state index contributed by atoms with van der Waals surface area (Å²) in [4.78, 5) is 23.7. The van der Waals surface area contributed by atoms with Crippen molar-refractivity contribution in [1.82, 2.24) is 0 Å². The molecule has 1 unspecified atom stereocenters. The van der Waals surface area contributed by atoms with Crippen LogP contribution in [0.4, 0.5) is 0 Å². The second-order valence-corrected chi connectivity index (χ2v) is 5.22. The predicted molar refractivity (Wildman–Crippen MR) is 84.7 cm³/mol. The van der Waals surface area contributed by atoms with E-state index in [0.717, 1.165) is 24.3 Å². The van der Waals surface area contributed by atoms with Crippen molar-refractivity contribution in [1.29, 1.82) is 0 Å². The lowest BCUT2D eigenvalue weighted by Gasteiger charge is -2.14. The Hall–Kier alpha value is -3.42. The summed E-state index contributed by atoms with van der Waals surface area (Å²) in [6.45, 7) is 1.26. The Morgan fingerprint density at radius 3 is 1.80 bits per heavy atom. The number of ether oxygens (including phenoxy) is 2. The van der Waals surface area contributed by atoms with E-state index in [-0.39, 0.29) is 29.2 Å². The highest BCUT2D eigenvalue weighted by Crippen LogP contribution is 2.26. The molecule has 1 atom stereocenters. The third-order valence-electron chi connectivity index (χ3n) is 3.18. The molecule has 0 amide bonds. The predicted octanol–water partition coefficient (Wildman–Crippen LogP) is 1.91. The number of hydrogen-bond acceptors (Lipinski definition) is 8. The minimum absolute atomic E-state index is 0.0249. The first-order chi connectivity index (χ1) is 11.8. The van der Waals surface area contributed by atoms with Gasteiger partial charge in [0.2, 0.25) is 0 Å². The van der Waals surface area contributed by atoms with Crippen molar-refractivity contribution >= 4 is 11.9 Å². The molecule has 0 radical (unpaired) electrons. The van der Waals surface area contributed by atoms with E-state index in [1.165, 1.54) is 19.1 Å². The molecule has 0 aliphatic rings. The molecule has 0 saturated carbocycles. The molecule has 25 heavy (non-hydrogen) atoms. The molecule has 8 heteroatoms. The summed E-state index contributed by atoms with van der Waals surface area (Å²) < 4.78 is 10.0. The van der Waals surface area contributed by atoms with Gasteiger partial charge in [0.1, 0.15) is 12.7 Å². The van der Waals surface area contributed by atoms with Crippen molar-refractivity contribution in [3.8, 4) is 23.0 Å². The minimum Gasteiger partial charge on any atom is -0.504 e. The first kappa shape index (κ1) is 17.9. The van der Waals surface area contributed by atoms with Crippen LogP contribution in [0.2, 0.25) is 0 Å². The fraction of sp³-hybridized carbons (Fsp3) is 0.176. The molecule has 8 nitrogen and oxygen atoms in total. The molecule has 0 saturated heterocycles. The molecule has 2 rings (SSSR count). The molecule has 0 aliphatic heterocycles. The van der Waals surface area contributed by atoms with Gasteiger partial charge < -0.3 is 29.9 Å². The zero-order valence-electron chi connectivity index (χ0n) is 13.2. The normalized spacial score (nSPS) is 11.6. The number of hydrogen-bond donors (Lipinski definition) is 4. The third-order valence-corrected chi connectivity index (χ3v) is 3.18. The molecule has 2 aromatic carbocycles. The van der Waals surface area contributed by atoms with Crippen molar-refractivity contribution < 1.29 is 39.5 Å². The van der Waals surface area contributed by atoms with Crippen LogP contribution in [-0.4, -0.2) is 45.1 Å². The number of aromatic hydroxyl groups is 4. The maximum absolute atomic E-state index is 11.9. The highest BCUT2D eigenvalue weighted by atomic mass is 16.6. The van der Waals surface area contributed by atoms with Gasteiger partial charge in [0, 0.05) is 0 Å². The lowest BCUT2D eigenvalue weighted by atomic mass is 10.2. The van der Waals surface area contributed by atoms with Crippen LogP contribution in [0.15, 0.2) is 36.4 Å². The summed E-state index contributed by atoms with van der Waals surface area (Å²) in [6.07, 6.45) is -0.780. The first-order valence-corrected chi connectivity index (χ1v) is 7.20. The van der Waals surface area contributed by atoms with Gasteiger partial charge in [-0.15, -0.1) is 0 Å². The van der Waals surface area contributed by atoms with Crippen molar-refractivity contribution in [2.75, 3.05) is 6.61 Å². The van der Waals surface area contributed by atoms with Gasteiger partial charge in [-0.05, 0) is 43.3 Å². The molecule has 0 fully saturated rings. The summed E-state index contributed by atoms with van der Waals surface area (Å²) in [5, 5.41) is 37.1. The lowest BCUT2D eigenvalue weighted by molar-refractivity contribution is 0.00444. The van der Waals surface area contributed by atoms with E-state index in [1.54, 1.807) is 0 Å². The van der Waals surface area contributed by atoms with Crippen LogP contribution in [0, 0.1) is 0 Å². The second kappa shape index (κ2) is 7.43. The van der Waals surface area contributed by atoms with Crippen LogP contribution in [-0.2, 0) is 9.47 Å². The van der Waals surface area contributed by atoms with E-state index in [9.17, 15) is 30.0 Å². The zero-order chi connectivity index (χ0) is 18.6. The largest absolute Gasteiger partial charge is 0.504 e. The minimum atomic E-state index is -0.780. The van der Waals surface area contributed by atoms with Gasteiger partial charge >= 0.3 is 11.9 Å². The number of carbonyl (C=O) groups excluding carboxylic acids is 2. The van der Waals surface area contributed by atoms with Crippen molar-refractivity contribution in [2.45, 2.75) is 13.0 Å². The number of esters is 2. The van der Waals surface area contributed by atoms with E-state index in [2.05, 4.69) is 0 Å². The Kier molecular flexibility index (Phi) is 5.33. The maximum atomic E-state index is 11.9. The molecular weight excluding hydrogens is 332 g/mol. The number of rotatable bonds is 5. The molecule has 4 N–H and O–H groups in total. The van der Waals surface area contributed by atoms with Crippen molar-refractivity contribution in [3.63, 3.8) is 0 Å². The molecule has 0 aliphatic carbocycles. The summed E-state index contributed by atoms with van der Waals surface area (Å²) in [6, 6.07) is 6.94. The Balaban J connectivity index is 1.90. The summed E-state index contributed by atoms with van der Waals surface area (Å²) in [5.74, 6) is -3.17. The molecule has 0 bridgehead atoms. The average molecular weight is 348 g/mol. The number of phenols is 4. The Labute approximate surface area is 142 Å². The smallest absolute Gasteiger partial charge is 0.338 e. The van der Waals surface area contributed by atoms with Crippen LogP contribution in [0.3, 0.4) is 0 Å². The second-order valence-electron chi connectivity index (χ2n) is 5.22. The number of benzene rings is 2. The van der Waals surface area contributed by atoms with Gasteiger partial charge in [-0.1, -0.05) is 0 Å². The van der Waals surface area contributed by atoms with Crippen LogP contribution in [0.1, 0.15) is 27.6 Å². The average Bonchev–Trinajstić information content (AvgIpc) is 2.57. The first-order valence-electron chi connectivity index (χ1n) is 7.20. The Morgan fingerprint density at radius 2 is 1.32 bits per heavy atom. The van der Waals surface area contributed by atoms with Gasteiger partial charge in [-0.25, -0.2) is 9.59 Å². The Morgan fingerprint density at radius 1 is 0.840 bits per heavy atom. The van der Waals surface area contributed by atoms with E-state index < -0.39 is 29.5 Å². The van der Waals surface area contributed by atoms with E-state index in [0.29, 0.717) is 0 Å².